The van der Waals surface area contributed by atoms with Crippen molar-refractivity contribution in [2.24, 2.45) is 0 Å². The third kappa shape index (κ3) is 4.09. The van der Waals surface area contributed by atoms with Gasteiger partial charge in [0.1, 0.15) is 5.15 Å². The molecule has 0 aliphatic rings. The number of hydrogen-bond acceptors (Lipinski definition) is 3. The normalized spacial score (nSPS) is 11.0. The van der Waals surface area contributed by atoms with E-state index in [1.165, 1.54) is 36.5 Å². The monoisotopic (exact) mass is 316 g/mol. The molecule has 2 aromatic rings. The number of rotatable bonds is 3. The number of para-hydroxylation sites is 2. The maximum absolute atomic E-state index is 12.3. The van der Waals surface area contributed by atoms with Gasteiger partial charge < -0.3 is 10.1 Å². The largest absolute Gasteiger partial charge is 0.573 e. The van der Waals surface area contributed by atoms with Gasteiger partial charge >= 0.3 is 6.36 Å². The highest BCUT2D eigenvalue weighted by molar-refractivity contribution is 6.33. The van der Waals surface area contributed by atoms with E-state index in [0.717, 1.165) is 6.07 Å². The lowest BCUT2D eigenvalue weighted by molar-refractivity contribution is -0.274. The van der Waals surface area contributed by atoms with Gasteiger partial charge in [-0.15, -0.1) is 13.2 Å². The Kier molecular flexibility index (Phi) is 4.32. The first-order valence-electron chi connectivity index (χ1n) is 5.63. The molecule has 1 amide bonds. The second-order valence-corrected chi connectivity index (χ2v) is 4.20. The van der Waals surface area contributed by atoms with Gasteiger partial charge in [0.25, 0.3) is 5.91 Å². The third-order valence-corrected chi connectivity index (χ3v) is 2.67. The number of nitrogens with one attached hydrogen (secondary N) is 1. The Bertz CT molecular complexity index is 662. The fraction of sp³-hybridized carbons (Fsp3) is 0.0769. The van der Waals surface area contributed by atoms with E-state index in [9.17, 15) is 18.0 Å². The van der Waals surface area contributed by atoms with Crippen molar-refractivity contribution in [2.75, 3.05) is 5.32 Å². The molecule has 4 nitrogen and oxygen atoms in total. The SMILES string of the molecule is O=C(Nc1ccccc1OC(F)(F)F)c1cccnc1Cl. The average molecular weight is 317 g/mol. The molecule has 21 heavy (non-hydrogen) atoms. The van der Waals surface area contributed by atoms with E-state index in [1.807, 2.05) is 0 Å². The van der Waals surface area contributed by atoms with Gasteiger partial charge in [0, 0.05) is 6.20 Å². The highest BCUT2D eigenvalue weighted by Crippen LogP contribution is 2.30. The molecule has 0 aliphatic heterocycles. The summed E-state index contributed by atoms with van der Waals surface area (Å²) < 4.78 is 40.7. The number of alkyl halides is 3. The number of amides is 1. The van der Waals surface area contributed by atoms with Crippen LogP contribution in [0.1, 0.15) is 10.4 Å². The number of anilines is 1. The standard InChI is InChI=1S/C13H8ClF3N2O2/c14-11-8(4-3-7-18-11)12(20)19-9-5-1-2-6-10(9)21-13(15,16)17/h1-7H,(H,19,20). The molecular weight excluding hydrogens is 309 g/mol. The smallest absolute Gasteiger partial charge is 0.404 e. The van der Waals surface area contributed by atoms with E-state index in [1.54, 1.807) is 0 Å². The van der Waals surface area contributed by atoms with Crippen LogP contribution in [0.15, 0.2) is 42.6 Å². The first-order chi connectivity index (χ1) is 9.87. The van der Waals surface area contributed by atoms with E-state index in [-0.39, 0.29) is 16.4 Å². The summed E-state index contributed by atoms with van der Waals surface area (Å²) >= 11 is 5.75. The molecule has 0 aliphatic carbocycles. The Labute approximate surface area is 122 Å². The van der Waals surface area contributed by atoms with Gasteiger partial charge in [-0.1, -0.05) is 23.7 Å². The van der Waals surface area contributed by atoms with Gasteiger partial charge in [-0.2, -0.15) is 0 Å². The van der Waals surface area contributed by atoms with E-state index in [4.69, 9.17) is 11.6 Å². The number of hydrogen-bond donors (Lipinski definition) is 1. The summed E-state index contributed by atoms with van der Waals surface area (Å²) in [6.45, 7) is 0. The molecule has 0 radical (unpaired) electrons. The second kappa shape index (κ2) is 6.01. The molecule has 1 N–H and O–H groups in total. The van der Waals surface area contributed by atoms with Crippen molar-refractivity contribution in [3.8, 4) is 5.75 Å². The molecule has 8 heteroatoms. The molecule has 0 spiro atoms. The van der Waals surface area contributed by atoms with Crippen LogP contribution in [-0.4, -0.2) is 17.3 Å². The zero-order chi connectivity index (χ0) is 15.5. The number of aromatic nitrogens is 1. The molecule has 0 bridgehead atoms. The Hall–Kier alpha value is -2.28. The molecule has 1 aromatic heterocycles. The maximum atomic E-state index is 12.3. The van der Waals surface area contributed by atoms with Crippen LogP contribution in [0.2, 0.25) is 5.15 Å². The highest BCUT2D eigenvalue weighted by atomic mass is 35.5. The molecule has 110 valence electrons. The summed E-state index contributed by atoms with van der Waals surface area (Å²) in [6.07, 6.45) is -3.47. The van der Waals surface area contributed by atoms with Crippen LogP contribution in [0.4, 0.5) is 18.9 Å². The summed E-state index contributed by atoms with van der Waals surface area (Å²) in [5.41, 5.74) is -0.0827. The van der Waals surface area contributed by atoms with Crippen molar-refractivity contribution < 1.29 is 22.7 Å². The minimum absolute atomic E-state index is 0.0426. The summed E-state index contributed by atoms with van der Waals surface area (Å²) in [7, 11) is 0. The Morgan fingerprint density at radius 1 is 1.19 bits per heavy atom. The lowest BCUT2D eigenvalue weighted by atomic mass is 10.2. The molecule has 0 atom stereocenters. The van der Waals surface area contributed by atoms with Crippen LogP contribution >= 0.6 is 11.6 Å². The predicted molar refractivity (Wildman–Crippen MR) is 70.3 cm³/mol. The van der Waals surface area contributed by atoms with Crippen molar-refractivity contribution >= 4 is 23.2 Å². The van der Waals surface area contributed by atoms with E-state index in [0.29, 0.717) is 0 Å². The minimum Gasteiger partial charge on any atom is -0.404 e. The topological polar surface area (TPSA) is 51.2 Å². The highest BCUT2D eigenvalue weighted by Gasteiger charge is 2.32. The van der Waals surface area contributed by atoms with Crippen molar-refractivity contribution in [3.05, 3.63) is 53.3 Å². The summed E-state index contributed by atoms with van der Waals surface area (Å²) in [4.78, 5) is 15.7. The zero-order valence-corrected chi connectivity index (χ0v) is 11.1. The van der Waals surface area contributed by atoms with Crippen LogP contribution in [0.3, 0.4) is 0 Å². The molecule has 0 saturated carbocycles. The number of benzene rings is 1. The molecule has 1 aromatic carbocycles. The van der Waals surface area contributed by atoms with E-state index in [2.05, 4.69) is 15.0 Å². The minimum atomic E-state index is -4.85. The second-order valence-electron chi connectivity index (χ2n) is 3.84. The first-order valence-corrected chi connectivity index (χ1v) is 6.01. The Morgan fingerprint density at radius 2 is 1.90 bits per heavy atom. The number of nitrogens with zero attached hydrogens (tertiary/aromatic N) is 1. The number of carbonyl (C=O) groups is 1. The van der Waals surface area contributed by atoms with Crippen molar-refractivity contribution in [3.63, 3.8) is 0 Å². The van der Waals surface area contributed by atoms with Gasteiger partial charge in [-0.05, 0) is 24.3 Å². The van der Waals surface area contributed by atoms with Gasteiger partial charge in [0.05, 0.1) is 11.3 Å². The Balaban J connectivity index is 2.24. The van der Waals surface area contributed by atoms with Crippen molar-refractivity contribution in [2.45, 2.75) is 6.36 Å². The van der Waals surface area contributed by atoms with Gasteiger partial charge in [0.15, 0.2) is 5.75 Å². The number of halogens is 4. The number of ether oxygens (including phenoxy) is 1. The third-order valence-electron chi connectivity index (χ3n) is 2.36. The summed E-state index contributed by atoms with van der Waals surface area (Å²) in [6, 6.07) is 8.07. The summed E-state index contributed by atoms with van der Waals surface area (Å²) in [5.74, 6) is -1.20. The Morgan fingerprint density at radius 3 is 2.57 bits per heavy atom. The lowest BCUT2D eigenvalue weighted by Crippen LogP contribution is -2.19. The predicted octanol–water partition coefficient (Wildman–Crippen LogP) is 3.89. The summed E-state index contributed by atoms with van der Waals surface area (Å²) in [5, 5.41) is 2.25. The van der Waals surface area contributed by atoms with Crippen LogP contribution < -0.4 is 10.1 Å². The number of carbonyl (C=O) groups excluding carboxylic acids is 1. The maximum Gasteiger partial charge on any atom is 0.573 e. The fourth-order valence-corrected chi connectivity index (χ4v) is 1.73. The molecular formula is C13H8ClF3N2O2. The fourth-order valence-electron chi connectivity index (χ4n) is 1.53. The molecule has 0 fully saturated rings. The zero-order valence-electron chi connectivity index (χ0n) is 10.3. The number of pyridine rings is 1. The average Bonchev–Trinajstić information content (AvgIpc) is 2.40. The van der Waals surface area contributed by atoms with Gasteiger partial charge in [0.2, 0.25) is 0 Å². The van der Waals surface area contributed by atoms with Gasteiger partial charge in [-0.25, -0.2) is 4.98 Å². The van der Waals surface area contributed by atoms with Crippen LogP contribution in [-0.2, 0) is 0 Å². The van der Waals surface area contributed by atoms with Crippen LogP contribution in [0.5, 0.6) is 5.75 Å². The first kappa shape index (κ1) is 15.1. The van der Waals surface area contributed by atoms with Crippen molar-refractivity contribution in [1.29, 1.82) is 0 Å². The van der Waals surface area contributed by atoms with Crippen LogP contribution in [0.25, 0.3) is 0 Å². The molecule has 0 saturated heterocycles. The quantitative estimate of drug-likeness (QED) is 0.874. The van der Waals surface area contributed by atoms with Gasteiger partial charge in [-0.3, -0.25) is 4.79 Å². The van der Waals surface area contributed by atoms with Crippen molar-refractivity contribution in [1.82, 2.24) is 4.98 Å². The van der Waals surface area contributed by atoms with E-state index < -0.39 is 18.0 Å². The molecule has 2 rings (SSSR count). The lowest BCUT2D eigenvalue weighted by Gasteiger charge is -2.13. The molecule has 1 heterocycles. The van der Waals surface area contributed by atoms with E-state index >= 15 is 0 Å². The van der Waals surface area contributed by atoms with Crippen LogP contribution in [0, 0.1) is 0 Å². The molecule has 0 unspecified atom stereocenters.